The van der Waals surface area contributed by atoms with E-state index in [1.807, 2.05) is 26.8 Å². The van der Waals surface area contributed by atoms with Crippen LogP contribution in [-0.2, 0) is 4.74 Å². The third kappa shape index (κ3) is 35.9. The Hall–Kier alpha value is -1.98. The fourth-order valence-corrected chi connectivity index (χ4v) is 1.63. The van der Waals surface area contributed by atoms with E-state index in [0.29, 0.717) is 0 Å². The van der Waals surface area contributed by atoms with Gasteiger partial charge in [0.25, 0.3) is 0 Å². The molecule has 2 N–H and O–H groups in total. The summed E-state index contributed by atoms with van der Waals surface area (Å²) in [5.41, 5.74) is 6.90. The number of ether oxygens (including phenoxy) is 1. The number of allylic oxidation sites excluding steroid dienone is 7. The van der Waals surface area contributed by atoms with Crippen LogP contribution in [0, 0.1) is 12.3 Å². The Morgan fingerprint density at radius 1 is 1.15 bits per heavy atom. The lowest BCUT2D eigenvalue weighted by molar-refractivity contribution is 0.217. The Kier molecular flexibility index (Phi) is 42.6. The van der Waals surface area contributed by atoms with Gasteiger partial charge in [-0.05, 0) is 71.6 Å². The van der Waals surface area contributed by atoms with Crippen molar-refractivity contribution in [2.75, 3.05) is 13.2 Å². The molecule has 0 fully saturated rings. The number of unbranched alkanes of at least 4 members (excludes halogenated alkanes) is 1. The van der Waals surface area contributed by atoms with E-state index >= 15 is 0 Å². The van der Waals surface area contributed by atoms with Gasteiger partial charge in [-0.25, -0.2) is 0 Å². The molecule has 0 aromatic rings. The smallest absolute Gasteiger partial charge is 0.114 e. The van der Waals surface area contributed by atoms with Gasteiger partial charge in [-0.2, -0.15) is 0 Å². The van der Waals surface area contributed by atoms with Crippen molar-refractivity contribution in [2.24, 2.45) is 5.73 Å². The highest BCUT2D eigenvalue weighted by Crippen LogP contribution is 2.14. The topological polar surface area (TPSA) is 35.2 Å². The number of rotatable bonds is 11. The molecule has 0 spiro atoms. The van der Waals surface area contributed by atoms with E-state index in [-0.39, 0.29) is 0 Å². The van der Waals surface area contributed by atoms with E-state index in [1.165, 1.54) is 5.57 Å². The van der Waals surface area contributed by atoms with Crippen LogP contribution >= 0.6 is 0 Å². The fraction of sp³-hybridized carbons (Fsp3) is 0.520. The second kappa shape index (κ2) is 35.2. The molecule has 156 valence electrons. The Morgan fingerprint density at radius 3 is 2.07 bits per heavy atom. The van der Waals surface area contributed by atoms with Crippen molar-refractivity contribution < 1.29 is 4.74 Å². The van der Waals surface area contributed by atoms with Crippen molar-refractivity contribution in [3.63, 3.8) is 0 Å². The largest absolute Gasteiger partial charge is 0.494 e. The van der Waals surface area contributed by atoms with Gasteiger partial charge in [-0.15, -0.1) is 12.3 Å². The van der Waals surface area contributed by atoms with Crippen LogP contribution in [0.2, 0.25) is 0 Å². The van der Waals surface area contributed by atoms with Crippen LogP contribution < -0.4 is 5.73 Å². The van der Waals surface area contributed by atoms with Crippen molar-refractivity contribution in [1.29, 1.82) is 0 Å². The second-order valence-corrected chi connectivity index (χ2v) is 5.06. The molecule has 0 rings (SSSR count). The molecule has 2 heteroatoms. The summed E-state index contributed by atoms with van der Waals surface area (Å²) in [4.78, 5) is 0. The van der Waals surface area contributed by atoms with Crippen LogP contribution in [0.15, 0.2) is 60.9 Å². The zero-order chi connectivity index (χ0) is 21.8. The van der Waals surface area contributed by atoms with E-state index in [0.717, 1.165) is 51.0 Å². The average molecular weight is 376 g/mol. The first kappa shape index (κ1) is 32.7. The van der Waals surface area contributed by atoms with Crippen molar-refractivity contribution in [3.8, 4) is 12.3 Å². The molecule has 0 atom stereocenters. The molecular formula is C25H45NO. The third-order valence-electron chi connectivity index (χ3n) is 2.99. The first-order chi connectivity index (χ1) is 13.1. The van der Waals surface area contributed by atoms with Crippen molar-refractivity contribution in [3.05, 3.63) is 60.9 Å². The molecule has 0 heterocycles. The van der Waals surface area contributed by atoms with E-state index in [1.54, 1.807) is 19.1 Å². The molecule has 0 saturated heterocycles. The monoisotopic (exact) mass is 375 g/mol. The van der Waals surface area contributed by atoms with Gasteiger partial charge in [0.1, 0.15) is 5.76 Å². The van der Waals surface area contributed by atoms with Crippen LogP contribution in [0.5, 0.6) is 0 Å². The second-order valence-electron chi connectivity index (χ2n) is 5.06. The Labute approximate surface area is 171 Å². The highest BCUT2D eigenvalue weighted by atomic mass is 16.5. The van der Waals surface area contributed by atoms with Gasteiger partial charge < -0.3 is 10.5 Å². The maximum Gasteiger partial charge on any atom is 0.114 e. The van der Waals surface area contributed by atoms with Crippen LogP contribution in [0.4, 0.5) is 0 Å². The maximum absolute atomic E-state index is 5.74. The van der Waals surface area contributed by atoms with Crippen LogP contribution in [0.25, 0.3) is 0 Å². The summed E-state index contributed by atoms with van der Waals surface area (Å²) in [7, 11) is 0. The molecule has 27 heavy (non-hydrogen) atoms. The lowest BCUT2D eigenvalue weighted by atomic mass is 10.1. The molecule has 0 unspecified atom stereocenters. The lowest BCUT2D eigenvalue weighted by Gasteiger charge is -2.09. The zero-order valence-corrected chi connectivity index (χ0v) is 18.9. The van der Waals surface area contributed by atoms with Gasteiger partial charge in [-0.3, -0.25) is 0 Å². The standard InChI is InChI=1S/C16H29NO.C4H6.C3H4.C2H6/c1-4-7-8-11-15(5-2)14-16(6-3)18-13-10-9-12-17;1-3-4-2;1-3-2;1-2/h4,6-7,14H,5,8-13,17H2,1-3H3;3-4H,1-2H2;1H,2H3;1-2H3/b7-4-,15-14-,16-6+;;;. The molecule has 2 nitrogen and oxygen atoms in total. The zero-order valence-electron chi connectivity index (χ0n) is 18.9. The predicted molar refractivity (Wildman–Crippen MR) is 127 cm³/mol. The molecule has 0 aliphatic carbocycles. The Bertz CT molecular complexity index is 416. The fourth-order valence-electron chi connectivity index (χ4n) is 1.63. The van der Waals surface area contributed by atoms with Crippen LogP contribution in [0.1, 0.15) is 73.6 Å². The average Bonchev–Trinajstić information content (AvgIpc) is 2.71. The summed E-state index contributed by atoms with van der Waals surface area (Å²) in [5.74, 6) is 3.24. The summed E-state index contributed by atoms with van der Waals surface area (Å²) >= 11 is 0. The van der Waals surface area contributed by atoms with Crippen LogP contribution in [-0.4, -0.2) is 13.2 Å². The van der Waals surface area contributed by atoms with Gasteiger partial charge in [0, 0.05) is 0 Å². The number of nitrogens with two attached hydrogens (primary N) is 1. The predicted octanol–water partition coefficient (Wildman–Crippen LogP) is 7.36. The first-order valence-electron chi connectivity index (χ1n) is 10.0. The third-order valence-corrected chi connectivity index (χ3v) is 2.99. The minimum atomic E-state index is 0.744. The number of terminal acetylenes is 1. The van der Waals surface area contributed by atoms with Gasteiger partial charge in [-0.1, -0.05) is 63.8 Å². The minimum Gasteiger partial charge on any atom is -0.494 e. The maximum atomic E-state index is 5.74. The van der Waals surface area contributed by atoms with E-state index in [2.05, 4.69) is 57.6 Å². The highest BCUT2D eigenvalue weighted by molar-refractivity contribution is 5.18. The molecule has 0 saturated carbocycles. The summed E-state index contributed by atoms with van der Waals surface area (Å²) < 4.78 is 5.74. The Balaban J connectivity index is -0.000000246. The summed E-state index contributed by atoms with van der Waals surface area (Å²) in [6.07, 6.45) is 21.8. The summed E-state index contributed by atoms with van der Waals surface area (Å²) in [6.45, 7) is 20.2. The van der Waals surface area contributed by atoms with Gasteiger partial charge in [0.15, 0.2) is 0 Å². The highest BCUT2D eigenvalue weighted by Gasteiger charge is 1.98. The van der Waals surface area contributed by atoms with E-state index in [9.17, 15) is 0 Å². The van der Waals surface area contributed by atoms with E-state index in [4.69, 9.17) is 10.5 Å². The van der Waals surface area contributed by atoms with Gasteiger partial charge in [0.05, 0.1) is 6.61 Å². The Morgan fingerprint density at radius 2 is 1.70 bits per heavy atom. The minimum absolute atomic E-state index is 0.744. The SMILES string of the molecule is C#CC.C/C=C\CC/C(=C\C(=C/C)OCCCCN)CC.C=CC=C.CC. The van der Waals surface area contributed by atoms with Gasteiger partial charge in [0.2, 0.25) is 0 Å². The molecular weight excluding hydrogens is 330 g/mol. The summed E-state index contributed by atoms with van der Waals surface area (Å²) in [5, 5.41) is 0. The number of hydrogen-bond donors (Lipinski definition) is 1. The van der Waals surface area contributed by atoms with Crippen molar-refractivity contribution in [1.82, 2.24) is 0 Å². The first-order valence-corrected chi connectivity index (χ1v) is 10.0. The summed E-state index contributed by atoms with van der Waals surface area (Å²) in [6, 6.07) is 0. The molecule has 0 aromatic carbocycles. The molecule has 0 amide bonds. The van der Waals surface area contributed by atoms with Crippen LogP contribution in [0.3, 0.4) is 0 Å². The molecule has 0 radical (unpaired) electrons. The lowest BCUT2D eigenvalue weighted by Crippen LogP contribution is -2.01. The number of hydrogen-bond acceptors (Lipinski definition) is 2. The molecule has 0 aromatic heterocycles. The normalized spacial score (nSPS) is 10.1. The molecule has 0 aliphatic heterocycles. The molecule has 0 bridgehead atoms. The van der Waals surface area contributed by atoms with Crippen molar-refractivity contribution in [2.45, 2.75) is 73.6 Å². The quantitative estimate of drug-likeness (QED) is 0.135. The van der Waals surface area contributed by atoms with Gasteiger partial charge >= 0.3 is 0 Å². The van der Waals surface area contributed by atoms with Crippen molar-refractivity contribution >= 4 is 0 Å². The molecule has 0 aliphatic rings. The van der Waals surface area contributed by atoms with E-state index < -0.39 is 0 Å².